The predicted octanol–water partition coefficient (Wildman–Crippen LogP) is 3.19. The summed E-state index contributed by atoms with van der Waals surface area (Å²) in [6.45, 7) is 3.81. The van der Waals surface area contributed by atoms with Gasteiger partial charge in [-0.05, 0) is 62.1 Å². The van der Waals surface area contributed by atoms with Gasteiger partial charge < -0.3 is 19.1 Å². The van der Waals surface area contributed by atoms with Crippen molar-refractivity contribution in [2.24, 2.45) is 13.0 Å². The molecular formula is C23H29N3O3. The first-order valence-corrected chi connectivity index (χ1v) is 10.5. The Labute approximate surface area is 172 Å². The van der Waals surface area contributed by atoms with Crippen molar-refractivity contribution in [3.05, 3.63) is 53.9 Å². The molecule has 0 aliphatic carbocycles. The summed E-state index contributed by atoms with van der Waals surface area (Å²) in [6, 6.07) is 11.2. The van der Waals surface area contributed by atoms with E-state index in [-0.39, 0.29) is 11.8 Å². The van der Waals surface area contributed by atoms with Crippen molar-refractivity contribution in [3.8, 4) is 5.75 Å². The van der Waals surface area contributed by atoms with E-state index in [0.29, 0.717) is 12.5 Å². The average Bonchev–Trinajstić information content (AvgIpc) is 3.44. The monoisotopic (exact) mass is 395 g/mol. The molecule has 6 heteroatoms. The molecule has 29 heavy (non-hydrogen) atoms. The topological polar surface area (TPSA) is 54.8 Å². The summed E-state index contributed by atoms with van der Waals surface area (Å²) >= 11 is 0. The molecular weight excluding hydrogens is 366 g/mol. The SMILES string of the molecule is Cn1cccc1C(=O)N1CCC[C@H](COc2ccc(C(=O)N3CCCC3)cc2)C1. The van der Waals surface area contributed by atoms with Crippen molar-refractivity contribution in [2.45, 2.75) is 25.7 Å². The summed E-state index contributed by atoms with van der Waals surface area (Å²) in [6.07, 6.45) is 6.14. The predicted molar refractivity (Wildman–Crippen MR) is 111 cm³/mol. The van der Waals surface area contributed by atoms with Crippen molar-refractivity contribution >= 4 is 11.8 Å². The normalized spacial score (nSPS) is 19.4. The molecule has 2 aliphatic heterocycles. The zero-order valence-corrected chi connectivity index (χ0v) is 17.0. The quantitative estimate of drug-likeness (QED) is 0.781. The van der Waals surface area contributed by atoms with Crippen molar-refractivity contribution in [3.63, 3.8) is 0 Å². The molecule has 0 unspecified atom stereocenters. The zero-order chi connectivity index (χ0) is 20.2. The first-order valence-electron chi connectivity index (χ1n) is 10.5. The molecule has 1 aromatic carbocycles. The van der Waals surface area contributed by atoms with Crippen molar-refractivity contribution in [2.75, 3.05) is 32.8 Å². The van der Waals surface area contributed by atoms with Gasteiger partial charge in [0.15, 0.2) is 0 Å². The van der Waals surface area contributed by atoms with E-state index in [1.54, 1.807) is 0 Å². The summed E-state index contributed by atoms with van der Waals surface area (Å²) in [5, 5.41) is 0. The first kappa shape index (κ1) is 19.6. The minimum Gasteiger partial charge on any atom is -0.493 e. The molecule has 0 bridgehead atoms. The van der Waals surface area contributed by atoms with Crippen LogP contribution in [-0.4, -0.2) is 59.0 Å². The van der Waals surface area contributed by atoms with Crippen LogP contribution in [0.25, 0.3) is 0 Å². The fourth-order valence-electron chi connectivity index (χ4n) is 4.24. The third-order valence-corrected chi connectivity index (χ3v) is 5.95. The highest BCUT2D eigenvalue weighted by molar-refractivity contribution is 5.94. The minimum absolute atomic E-state index is 0.0898. The summed E-state index contributed by atoms with van der Waals surface area (Å²) < 4.78 is 7.85. The molecule has 2 fully saturated rings. The van der Waals surface area contributed by atoms with Crippen LogP contribution in [0.4, 0.5) is 0 Å². The van der Waals surface area contributed by atoms with E-state index in [1.807, 2.05) is 64.0 Å². The fraction of sp³-hybridized carbons (Fsp3) is 0.478. The Bertz CT molecular complexity index is 853. The Kier molecular flexibility index (Phi) is 5.88. The van der Waals surface area contributed by atoms with Crippen LogP contribution in [0.2, 0.25) is 0 Å². The maximum Gasteiger partial charge on any atom is 0.270 e. The second kappa shape index (κ2) is 8.72. The molecule has 4 rings (SSSR count). The molecule has 6 nitrogen and oxygen atoms in total. The van der Waals surface area contributed by atoms with E-state index in [0.717, 1.165) is 68.9 Å². The van der Waals surface area contributed by atoms with Gasteiger partial charge in [-0.1, -0.05) is 0 Å². The largest absolute Gasteiger partial charge is 0.493 e. The fourth-order valence-corrected chi connectivity index (χ4v) is 4.24. The second-order valence-corrected chi connectivity index (χ2v) is 8.10. The van der Waals surface area contributed by atoms with Crippen LogP contribution >= 0.6 is 0 Å². The number of aromatic nitrogens is 1. The number of hydrogen-bond donors (Lipinski definition) is 0. The van der Waals surface area contributed by atoms with Crippen molar-refractivity contribution < 1.29 is 14.3 Å². The number of hydrogen-bond acceptors (Lipinski definition) is 3. The Morgan fingerprint density at radius 1 is 0.966 bits per heavy atom. The summed E-state index contributed by atoms with van der Waals surface area (Å²) in [4.78, 5) is 29.0. The van der Waals surface area contributed by atoms with Crippen LogP contribution in [0.3, 0.4) is 0 Å². The maximum atomic E-state index is 12.7. The molecule has 1 aromatic heterocycles. The third-order valence-electron chi connectivity index (χ3n) is 5.95. The second-order valence-electron chi connectivity index (χ2n) is 8.10. The Balaban J connectivity index is 1.30. The summed E-state index contributed by atoms with van der Waals surface area (Å²) in [7, 11) is 1.90. The maximum absolute atomic E-state index is 12.7. The molecule has 2 saturated heterocycles. The first-order chi connectivity index (χ1) is 14.1. The molecule has 0 N–H and O–H groups in total. The van der Waals surface area contributed by atoms with Gasteiger partial charge in [-0.25, -0.2) is 0 Å². The van der Waals surface area contributed by atoms with Gasteiger partial charge >= 0.3 is 0 Å². The van der Waals surface area contributed by atoms with Gasteiger partial charge in [0.05, 0.1) is 6.61 Å². The summed E-state index contributed by atoms with van der Waals surface area (Å²) in [5.41, 5.74) is 1.45. The molecule has 154 valence electrons. The Hall–Kier alpha value is -2.76. The molecule has 1 atom stereocenters. The number of rotatable bonds is 5. The number of ether oxygens (including phenoxy) is 1. The van der Waals surface area contributed by atoms with Gasteiger partial charge in [0.2, 0.25) is 0 Å². The van der Waals surface area contributed by atoms with Gasteiger partial charge in [0.1, 0.15) is 11.4 Å². The van der Waals surface area contributed by atoms with E-state index in [4.69, 9.17) is 4.74 Å². The number of carbonyl (C=O) groups excluding carboxylic acids is 2. The van der Waals surface area contributed by atoms with Crippen LogP contribution in [0, 0.1) is 5.92 Å². The van der Waals surface area contributed by atoms with Gasteiger partial charge in [-0.15, -0.1) is 0 Å². The van der Waals surface area contributed by atoms with Crippen LogP contribution in [0.5, 0.6) is 5.75 Å². The van der Waals surface area contributed by atoms with Crippen LogP contribution < -0.4 is 4.74 Å². The molecule has 0 saturated carbocycles. The van der Waals surface area contributed by atoms with Gasteiger partial charge in [-0.3, -0.25) is 9.59 Å². The highest BCUT2D eigenvalue weighted by Crippen LogP contribution is 2.21. The lowest BCUT2D eigenvalue weighted by Crippen LogP contribution is -2.42. The lowest BCUT2D eigenvalue weighted by molar-refractivity contribution is 0.0624. The van der Waals surface area contributed by atoms with Crippen LogP contribution in [0.15, 0.2) is 42.6 Å². The van der Waals surface area contributed by atoms with E-state index < -0.39 is 0 Å². The number of likely N-dealkylation sites (tertiary alicyclic amines) is 2. The molecule has 3 heterocycles. The molecule has 2 aliphatic rings. The van der Waals surface area contributed by atoms with E-state index in [1.165, 1.54) is 0 Å². The number of carbonyl (C=O) groups is 2. The lowest BCUT2D eigenvalue weighted by Gasteiger charge is -2.32. The van der Waals surface area contributed by atoms with E-state index in [2.05, 4.69) is 0 Å². The minimum atomic E-state index is 0.0898. The lowest BCUT2D eigenvalue weighted by atomic mass is 9.98. The third kappa shape index (κ3) is 4.47. The van der Waals surface area contributed by atoms with Crippen LogP contribution in [0.1, 0.15) is 46.5 Å². The number of amides is 2. The van der Waals surface area contributed by atoms with Gasteiger partial charge in [0, 0.05) is 50.9 Å². The van der Waals surface area contributed by atoms with Crippen LogP contribution in [-0.2, 0) is 7.05 Å². The highest BCUT2D eigenvalue weighted by Gasteiger charge is 2.26. The average molecular weight is 396 g/mol. The zero-order valence-electron chi connectivity index (χ0n) is 17.0. The molecule has 2 aromatic rings. The number of nitrogens with zero attached hydrogens (tertiary/aromatic N) is 3. The van der Waals surface area contributed by atoms with E-state index >= 15 is 0 Å². The standard InChI is InChI=1S/C23H29N3O3/c1-24-12-5-7-21(24)23(28)26-15-4-6-18(16-26)17-29-20-10-8-19(9-11-20)22(27)25-13-2-3-14-25/h5,7-12,18H,2-4,6,13-17H2,1H3/t18-/m0/s1. The smallest absolute Gasteiger partial charge is 0.270 e. The number of piperidine rings is 1. The van der Waals surface area contributed by atoms with Crippen molar-refractivity contribution in [1.29, 1.82) is 0 Å². The molecule has 0 radical (unpaired) electrons. The summed E-state index contributed by atoms with van der Waals surface area (Å²) in [5.74, 6) is 1.29. The van der Waals surface area contributed by atoms with Gasteiger partial charge in [0.25, 0.3) is 11.8 Å². The Morgan fingerprint density at radius 2 is 1.69 bits per heavy atom. The number of benzene rings is 1. The molecule has 2 amide bonds. The Morgan fingerprint density at radius 3 is 2.38 bits per heavy atom. The van der Waals surface area contributed by atoms with Crippen molar-refractivity contribution in [1.82, 2.24) is 14.4 Å². The highest BCUT2D eigenvalue weighted by atomic mass is 16.5. The molecule has 0 spiro atoms. The van der Waals surface area contributed by atoms with E-state index in [9.17, 15) is 9.59 Å². The number of aryl methyl sites for hydroxylation is 1. The van der Waals surface area contributed by atoms with Gasteiger partial charge in [-0.2, -0.15) is 0 Å².